The zero-order chi connectivity index (χ0) is 23.6. The molecule has 2 N–H and O–H groups in total. The number of carbonyl (C=O) groups is 1. The number of amides is 1. The molecule has 1 aliphatic carbocycles. The van der Waals surface area contributed by atoms with Crippen LogP contribution in [0.4, 0.5) is 8.78 Å². The topological polar surface area (TPSA) is 88.0 Å². The quantitative estimate of drug-likeness (QED) is 0.559. The highest BCUT2D eigenvalue weighted by atomic mass is 35.5. The van der Waals surface area contributed by atoms with Crippen molar-refractivity contribution in [2.24, 2.45) is 0 Å². The largest absolute Gasteiger partial charge is 0.387 e. The number of halogens is 3. The Labute approximate surface area is 195 Å². The molecule has 1 saturated carbocycles. The second kappa shape index (κ2) is 9.49. The molecule has 0 aliphatic heterocycles. The number of carbonyl (C=O) groups excluding carboxylic acids is 1. The molecule has 172 valence electrons. The molecule has 33 heavy (non-hydrogen) atoms. The predicted octanol–water partition coefficient (Wildman–Crippen LogP) is 4.75. The van der Waals surface area contributed by atoms with Crippen LogP contribution >= 0.6 is 11.6 Å². The molecule has 0 radical (unpaired) electrons. The van der Waals surface area contributed by atoms with Crippen LogP contribution in [0, 0.1) is 12.7 Å². The molecule has 0 bridgehead atoms. The smallest absolute Gasteiger partial charge is 0.271 e. The molecule has 1 aromatic carbocycles. The van der Waals surface area contributed by atoms with E-state index in [2.05, 4.69) is 20.3 Å². The molecule has 3 aromatic rings. The highest BCUT2D eigenvalue weighted by Crippen LogP contribution is 2.42. The van der Waals surface area contributed by atoms with Gasteiger partial charge in [-0.15, -0.1) is 0 Å². The van der Waals surface area contributed by atoms with Crippen LogP contribution in [-0.2, 0) is 0 Å². The van der Waals surface area contributed by atoms with Crippen LogP contribution < -0.4 is 5.32 Å². The lowest BCUT2D eigenvalue weighted by Crippen LogP contribution is -2.49. The van der Waals surface area contributed by atoms with Crippen molar-refractivity contribution in [1.82, 2.24) is 20.3 Å². The van der Waals surface area contributed by atoms with E-state index in [0.717, 1.165) is 0 Å². The summed E-state index contributed by atoms with van der Waals surface area (Å²) in [4.78, 5) is 26.3. The summed E-state index contributed by atoms with van der Waals surface area (Å²) in [5.41, 5.74) is -0.237. The Bertz CT molecular complexity index is 1150. The Kier molecular flexibility index (Phi) is 6.67. The van der Waals surface area contributed by atoms with Gasteiger partial charge in [0.05, 0.1) is 22.2 Å². The van der Waals surface area contributed by atoms with Gasteiger partial charge < -0.3 is 10.4 Å². The Hall–Kier alpha value is -2.97. The minimum atomic E-state index is -1.51. The minimum Gasteiger partial charge on any atom is -0.387 e. The van der Waals surface area contributed by atoms with Crippen molar-refractivity contribution in [3.05, 3.63) is 76.6 Å². The SMILES string of the molecule is Cc1ccc(-c2ncccn2)c(C(=O)NC(c2cccc(F)c2Cl)C2(O)CCC(F)CC2)n1. The summed E-state index contributed by atoms with van der Waals surface area (Å²) in [5.74, 6) is -0.974. The molecule has 0 saturated heterocycles. The van der Waals surface area contributed by atoms with E-state index in [1.165, 1.54) is 12.1 Å². The van der Waals surface area contributed by atoms with Gasteiger partial charge >= 0.3 is 0 Å². The number of aliphatic hydroxyl groups is 1. The summed E-state index contributed by atoms with van der Waals surface area (Å²) in [6.45, 7) is 1.74. The fraction of sp³-hybridized carbons (Fsp3) is 0.333. The second-order valence-corrected chi connectivity index (χ2v) is 8.63. The van der Waals surface area contributed by atoms with Crippen molar-refractivity contribution in [3.63, 3.8) is 0 Å². The highest BCUT2D eigenvalue weighted by Gasteiger charge is 2.43. The number of aryl methyl sites for hydroxylation is 1. The van der Waals surface area contributed by atoms with Crippen LogP contribution in [0.15, 0.2) is 48.8 Å². The number of nitrogens with zero attached hydrogens (tertiary/aromatic N) is 3. The van der Waals surface area contributed by atoms with Gasteiger partial charge in [0, 0.05) is 18.1 Å². The third-order valence-electron chi connectivity index (χ3n) is 5.94. The summed E-state index contributed by atoms with van der Waals surface area (Å²) in [7, 11) is 0. The maximum Gasteiger partial charge on any atom is 0.271 e. The summed E-state index contributed by atoms with van der Waals surface area (Å²) < 4.78 is 28.1. The van der Waals surface area contributed by atoms with E-state index in [0.29, 0.717) is 17.1 Å². The molecule has 1 fully saturated rings. The molecule has 0 spiro atoms. The van der Waals surface area contributed by atoms with Gasteiger partial charge in [-0.2, -0.15) is 0 Å². The molecule has 2 aromatic heterocycles. The first kappa shape index (κ1) is 23.2. The Morgan fingerprint density at radius 2 is 1.88 bits per heavy atom. The zero-order valence-corrected chi connectivity index (χ0v) is 18.7. The lowest BCUT2D eigenvalue weighted by atomic mass is 9.76. The zero-order valence-electron chi connectivity index (χ0n) is 17.9. The van der Waals surface area contributed by atoms with E-state index in [1.54, 1.807) is 43.6 Å². The average Bonchev–Trinajstić information content (AvgIpc) is 2.82. The van der Waals surface area contributed by atoms with Crippen LogP contribution in [0.2, 0.25) is 5.02 Å². The van der Waals surface area contributed by atoms with Gasteiger partial charge in [0.2, 0.25) is 0 Å². The lowest BCUT2D eigenvalue weighted by molar-refractivity contribution is -0.0446. The Balaban J connectivity index is 1.75. The number of nitrogens with one attached hydrogen (secondary N) is 1. The van der Waals surface area contributed by atoms with Crippen LogP contribution in [0.5, 0.6) is 0 Å². The van der Waals surface area contributed by atoms with E-state index in [4.69, 9.17) is 11.6 Å². The molecule has 4 rings (SSSR count). The molecular formula is C24H23ClF2N4O2. The first-order valence-corrected chi connectivity index (χ1v) is 11.0. The van der Waals surface area contributed by atoms with E-state index >= 15 is 0 Å². The van der Waals surface area contributed by atoms with Gasteiger partial charge in [0.25, 0.3) is 5.91 Å². The fourth-order valence-corrected chi connectivity index (χ4v) is 4.40. The van der Waals surface area contributed by atoms with Crippen LogP contribution in [-0.4, -0.2) is 37.7 Å². The van der Waals surface area contributed by atoms with E-state index in [-0.39, 0.29) is 42.0 Å². The minimum absolute atomic E-state index is 0.0569. The van der Waals surface area contributed by atoms with Crippen molar-refractivity contribution >= 4 is 17.5 Å². The molecule has 1 aliphatic rings. The molecule has 2 heterocycles. The van der Waals surface area contributed by atoms with Crippen LogP contribution in [0.1, 0.15) is 53.5 Å². The van der Waals surface area contributed by atoms with Gasteiger partial charge in [0.1, 0.15) is 17.7 Å². The van der Waals surface area contributed by atoms with E-state index in [1.807, 2.05) is 0 Å². The number of hydrogen-bond acceptors (Lipinski definition) is 5. The normalized spacial score (nSPS) is 21.4. The van der Waals surface area contributed by atoms with Crippen molar-refractivity contribution < 1.29 is 18.7 Å². The fourth-order valence-electron chi connectivity index (χ4n) is 4.16. The molecule has 1 atom stereocenters. The number of rotatable bonds is 5. The second-order valence-electron chi connectivity index (χ2n) is 8.25. The number of pyridine rings is 1. The standard InChI is InChI=1S/C24H23ClF2N4O2/c1-14-6-7-17(22-28-12-3-13-29-22)20(30-14)23(32)31-21(16-4-2-5-18(27)19(16)25)24(33)10-8-15(26)9-11-24/h2-7,12-13,15,21,33H,8-11H2,1H3,(H,31,32). The Morgan fingerprint density at radius 1 is 1.18 bits per heavy atom. The first-order chi connectivity index (χ1) is 15.8. The van der Waals surface area contributed by atoms with Gasteiger partial charge in [-0.05, 0) is 62.4 Å². The first-order valence-electron chi connectivity index (χ1n) is 10.6. The summed E-state index contributed by atoms with van der Waals surface area (Å²) >= 11 is 6.23. The Morgan fingerprint density at radius 3 is 2.58 bits per heavy atom. The summed E-state index contributed by atoms with van der Waals surface area (Å²) in [6, 6.07) is 8.20. The van der Waals surface area contributed by atoms with Crippen LogP contribution in [0.3, 0.4) is 0 Å². The lowest BCUT2D eigenvalue weighted by Gasteiger charge is -2.41. The molecule has 1 amide bonds. The number of alkyl halides is 1. The highest BCUT2D eigenvalue weighted by molar-refractivity contribution is 6.31. The number of aromatic nitrogens is 3. The maximum atomic E-state index is 14.3. The number of hydrogen-bond donors (Lipinski definition) is 2. The third-order valence-corrected chi connectivity index (χ3v) is 6.34. The summed E-state index contributed by atoms with van der Waals surface area (Å²) in [6.07, 6.45) is 2.49. The maximum absolute atomic E-state index is 14.3. The van der Waals surface area contributed by atoms with Gasteiger partial charge in [-0.25, -0.2) is 23.7 Å². The number of benzene rings is 1. The van der Waals surface area contributed by atoms with E-state index in [9.17, 15) is 18.7 Å². The predicted molar refractivity (Wildman–Crippen MR) is 120 cm³/mol. The molecule has 9 heteroatoms. The van der Waals surface area contributed by atoms with Gasteiger partial charge in [-0.1, -0.05) is 23.7 Å². The average molecular weight is 473 g/mol. The van der Waals surface area contributed by atoms with Crippen molar-refractivity contribution in [2.45, 2.75) is 50.4 Å². The van der Waals surface area contributed by atoms with E-state index < -0.39 is 29.5 Å². The molecular weight excluding hydrogens is 450 g/mol. The van der Waals surface area contributed by atoms with Crippen molar-refractivity contribution in [3.8, 4) is 11.4 Å². The monoisotopic (exact) mass is 472 g/mol. The third kappa shape index (κ3) is 4.86. The van der Waals surface area contributed by atoms with Crippen molar-refractivity contribution in [1.29, 1.82) is 0 Å². The van der Waals surface area contributed by atoms with Gasteiger partial charge in [-0.3, -0.25) is 4.79 Å². The molecule has 1 unspecified atom stereocenters. The van der Waals surface area contributed by atoms with Crippen molar-refractivity contribution in [2.75, 3.05) is 0 Å². The summed E-state index contributed by atoms with van der Waals surface area (Å²) in [5, 5.41) is 14.0. The molecule has 6 nitrogen and oxygen atoms in total. The van der Waals surface area contributed by atoms with Gasteiger partial charge in [0.15, 0.2) is 5.82 Å². The van der Waals surface area contributed by atoms with Crippen LogP contribution in [0.25, 0.3) is 11.4 Å².